The molecule has 23 heavy (non-hydrogen) atoms. The van der Waals surface area contributed by atoms with Crippen LogP contribution in [-0.2, 0) is 17.6 Å². The Hall–Kier alpha value is -0.610. The highest BCUT2D eigenvalue weighted by molar-refractivity contribution is 5.85. The number of hydrogen-bond donors (Lipinski definition) is 2. The minimum absolute atomic E-state index is 0. The van der Waals surface area contributed by atoms with E-state index in [0.717, 1.165) is 51.7 Å². The van der Waals surface area contributed by atoms with E-state index in [0.29, 0.717) is 18.3 Å². The Morgan fingerprint density at radius 2 is 1.83 bits per heavy atom. The molecule has 0 radical (unpaired) electrons. The number of benzene rings is 1. The molecule has 1 aromatic rings. The fraction of sp³-hybridized carbons (Fsp3) is 0.611. The zero-order valence-electron chi connectivity index (χ0n) is 13.6. The number of carbonyl (C=O) groups excluding carboxylic acids is 1. The zero-order valence-corrected chi connectivity index (χ0v) is 15.2. The first-order valence-electron chi connectivity index (χ1n) is 8.35. The second kappa shape index (κ2) is 10.3. The molecule has 0 aliphatic carbocycles. The van der Waals surface area contributed by atoms with Crippen LogP contribution in [0.1, 0.15) is 41.9 Å². The van der Waals surface area contributed by atoms with Gasteiger partial charge in [-0.05, 0) is 73.8 Å². The van der Waals surface area contributed by atoms with E-state index in [1.807, 2.05) is 0 Å². The monoisotopic (exact) mass is 358 g/mol. The third kappa shape index (κ3) is 5.18. The SMILES string of the molecule is Cl.Cl.O=CCCC1CCNCC1c1ccc2c(c1)CCNCC2. The second-order valence-electron chi connectivity index (χ2n) is 6.38. The number of carbonyl (C=O) groups is 1. The van der Waals surface area contributed by atoms with Crippen LogP contribution in [0.4, 0.5) is 0 Å². The fourth-order valence-corrected chi connectivity index (χ4v) is 3.85. The van der Waals surface area contributed by atoms with Gasteiger partial charge in [0, 0.05) is 13.0 Å². The molecule has 1 aromatic carbocycles. The van der Waals surface area contributed by atoms with Gasteiger partial charge in [0.25, 0.3) is 0 Å². The third-order valence-corrected chi connectivity index (χ3v) is 5.08. The first-order chi connectivity index (χ1) is 10.4. The summed E-state index contributed by atoms with van der Waals surface area (Å²) < 4.78 is 0. The Morgan fingerprint density at radius 3 is 2.61 bits per heavy atom. The standard InChI is InChI=1S/C18H26N2O.2ClH/c21-11-1-2-15-6-10-20-13-18(15)17-4-3-14-5-8-19-9-7-16(14)12-17;;/h3-4,11-12,15,18-20H,1-2,5-10,13H2;2*1H. The van der Waals surface area contributed by atoms with Crippen LogP contribution in [0, 0.1) is 5.92 Å². The zero-order chi connectivity index (χ0) is 14.5. The van der Waals surface area contributed by atoms with Crippen LogP contribution in [0.3, 0.4) is 0 Å². The van der Waals surface area contributed by atoms with Crippen LogP contribution in [0.5, 0.6) is 0 Å². The minimum Gasteiger partial charge on any atom is -0.316 e. The van der Waals surface area contributed by atoms with Crippen molar-refractivity contribution >= 4 is 31.1 Å². The highest BCUT2D eigenvalue weighted by Gasteiger charge is 2.26. The van der Waals surface area contributed by atoms with Gasteiger partial charge in [0.1, 0.15) is 6.29 Å². The fourth-order valence-electron chi connectivity index (χ4n) is 3.85. The summed E-state index contributed by atoms with van der Waals surface area (Å²) in [5.41, 5.74) is 4.51. The van der Waals surface area contributed by atoms with E-state index in [2.05, 4.69) is 28.8 Å². The lowest BCUT2D eigenvalue weighted by Crippen LogP contribution is -2.35. The summed E-state index contributed by atoms with van der Waals surface area (Å²) in [6.07, 6.45) is 6.29. The van der Waals surface area contributed by atoms with Crippen molar-refractivity contribution < 1.29 is 4.79 Å². The molecule has 130 valence electrons. The molecule has 3 nitrogen and oxygen atoms in total. The second-order valence-corrected chi connectivity index (χ2v) is 6.38. The summed E-state index contributed by atoms with van der Waals surface area (Å²) in [7, 11) is 0. The van der Waals surface area contributed by atoms with Crippen LogP contribution in [-0.4, -0.2) is 32.5 Å². The van der Waals surface area contributed by atoms with E-state index in [1.54, 1.807) is 0 Å². The number of hydrogen-bond acceptors (Lipinski definition) is 3. The largest absolute Gasteiger partial charge is 0.316 e. The Kier molecular flexibility index (Phi) is 9.15. The topological polar surface area (TPSA) is 41.1 Å². The summed E-state index contributed by atoms with van der Waals surface area (Å²) in [4.78, 5) is 10.7. The summed E-state index contributed by atoms with van der Waals surface area (Å²) >= 11 is 0. The highest BCUT2D eigenvalue weighted by atomic mass is 35.5. The number of nitrogens with one attached hydrogen (secondary N) is 2. The number of piperidine rings is 1. The minimum atomic E-state index is 0. The molecular formula is C18H28Cl2N2O. The van der Waals surface area contributed by atoms with E-state index < -0.39 is 0 Å². The van der Waals surface area contributed by atoms with Gasteiger partial charge in [0.15, 0.2) is 0 Å². The average Bonchev–Trinajstić information content (AvgIpc) is 2.77. The number of aldehydes is 1. The number of rotatable bonds is 4. The van der Waals surface area contributed by atoms with Gasteiger partial charge in [-0.1, -0.05) is 18.2 Å². The Bertz CT molecular complexity index is 496. The maximum atomic E-state index is 10.7. The van der Waals surface area contributed by atoms with Gasteiger partial charge in [-0.15, -0.1) is 24.8 Å². The van der Waals surface area contributed by atoms with E-state index in [1.165, 1.54) is 23.1 Å². The van der Waals surface area contributed by atoms with Crippen LogP contribution in [0.2, 0.25) is 0 Å². The smallest absolute Gasteiger partial charge is 0.120 e. The van der Waals surface area contributed by atoms with Crippen molar-refractivity contribution in [1.29, 1.82) is 0 Å². The normalized spacial score (nSPS) is 23.7. The maximum absolute atomic E-state index is 10.7. The van der Waals surface area contributed by atoms with Crippen molar-refractivity contribution in [3.63, 3.8) is 0 Å². The molecule has 2 N–H and O–H groups in total. The quantitative estimate of drug-likeness (QED) is 0.813. The molecule has 3 rings (SSSR count). The van der Waals surface area contributed by atoms with Crippen LogP contribution >= 0.6 is 24.8 Å². The van der Waals surface area contributed by atoms with Gasteiger partial charge in [-0.2, -0.15) is 0 Å². The van der Waals surface area contributed by atoms with Gasteiger partial charge >= 0.3 is 0 Å². The average molecular weight is 359 g/mol. The Labute approximate surface area is 151 Å². The molecule has 2 aliphatic rings. The van der Waals surface area contributed by atoms with Gasteiger partial charge in [0.2, 0.25) is 0 Å². The molecule has 0 spiro atoms. The predicted molar refractivity (Wildman–Crippen MR) is 100 cm³/mol. The lowest BCUT2D eigenvalue weighted by molar-refractivity contribution is -0.108. The highest BCUT2D eigenvalue weighted by Crippen LogP contribution is 2.33. The van der Waals surface area contributed by atoms with E-state index in [4.69, 9.17) is 0 Å². The van der Waals surface area contributed by atoms with Gasteiger partial charge in [-0.3, -0.25) is 0 Å². The van der Waals surface area contributed by atoms with Crippen molar-refractivity contribution in [2.45, 2.75) is 38.0 Å². The molecule has 2 unspecified atom stereocenters. The van der Waals surface area contributed by atoms with Crippen molar-refractivity contribution in [2.75, 3.05) is 26.2 Å². The summed E-state index contributed by atoms with van der Waals surface area (Å²) in [6.45, 7) is 4.34. The summed E-state index contributed by atoms with van der Waals surface area (Å²) in [5.74, 6) is 1.22. The summed E-state index contributed by atoms with van der Waals surface area (Å²) in [5, 5.41) is 7.01. The molecule has 5 heteroatoms. The van der Waals surface area contributed by atoms with E-state index >= 15 is 0 Å². The third-order valence-electron chi connectivity index (χ3n) is 5.08. The molecule has 2 aliphatic heterocycles. The van der Waals surface area contributed by atoms with Gasteiger partial charge < -0.3 is 15.4 Å². The predicted octanol–water partition coefficient (Wildman–Crippen LogP) is 2.89. The maximum Gasteiger partial charge on any atom is 0.120 e. The van der Waals surface area contributed by atoms with Gasteiger partial charge in [0.05, 0.1) is 0 Å². The van der Waals surface area contributed by atoms with Crippen LogP contribution in [0.25, 0.3) is 0 Å². The van der Waals surface area contributed by atoms with E-state index in [-0.39, 0.29) is 24.8 Å². The molecule has 0 amide bonds. The number of fused-ring (bicyclic) bond motifs is 1. The summed E-state index contributed by atoms with van der Waals surface area (Å²) in [6, 6.07) is 7.10. The molecule has 0 aromatic heterocycles. The lowest BCUT2D eigenvalue weighted by atomic mass is 9.78. The lowest BCUT2D eigenvalue weighted by Gasteiger charge is -2.32. The Balaban J connectivity index is 0.00000132. The molecule has 0 bridgehead atoms. The van der Waals surface area contributed by atoms with Crippen LogP contribution < -0.4 is 10.6 Å². The molecular weight excluding hydrogens is 331 g/mol. The van der Waals surface area contributed by atoms with Crippen molar-refractivity contribution in [3.05, 3.63) is 34.9 Å². The molecule has 1 fully saturated rings. The Morgan fingerprint density at radius 1 is 1.04 bits per heavy atom. The van der Waals surface area contributed by atoms with Crippen molar-refractivity contribution in [3.8, 4) is 0 Å². The van der Waals surface area contributed by atoms with Crippen molar-refractivity contribution in [1.82, 2.24) is 10.6 Å². The van der Waals surface area contributed by atoms with Gasteiger partial charge in [-0.25, -0.2) is 0 Å². The number of halogens is 2. The first kappa shape index (κ1) is 20.4. The van der Waals surface area contributed by atoms with E-state index in [9.17, 15) is 4.79 Å². The van der Waals surface area contributed by atoms with Crippen molar-refractivity contribution in [2.24, 2.45) is 5.92 Å². The first-order valence-corrected chi connectivity index (χ1v) is 8.35. The molecule has 1 saturated heterocycles. The molecule has 2 heterocycles. The molecule has 2 atom stereocenters. The van der Waals surface area contributed by atoms with Crippen LogP contribution in [0.15, 0.2) is 18.2 Å². The molecule has 0 saturated carbocycles.